The molecule has 0 atom stereocenters. The predicted molar refractivity (Wildman–Crippen MR) is 128 cm³/mol. The largest absolute Gasteiger partial charge is 0.379 e. The number of carbonyl (C=O) groups excluding carboxylic acids is 1. The standard InChI is InChI=1S/C25H27F2N3O2S/c1-15(2)17-11-20(26)23(21(27)12-17)22-13-19(24(28)31)25(33-22)29-18-5-3-16(4-6-18)14-30-7-9-32-10-8-30/h3-6,11-13,15,29H,7-10,14H2,1-2H3,(H2,28,31). The molecule has 8 heteroatoms. The van der Waals surface area contributed by atoms with Gasteiger partial charge in [-0.3, -0.25) is 9.69 Å². The van der Waals surface area contributed by atoms with Crippen LogP contribution in [0.2, 0.25) is 0 Å². The summed E-state index contributed by atoms with van der Waals surface area (Å²) in [6, 6.07) is 12.0. The second-order valence-electron chi connectivity index (χ2n) is 8.44. The normalized spacial score (nSPS) is 14.6. The van der Waals surface area contributed by atoms with Crippen molar-refractivity contribution in [2.45, 2.75) is 26.3 Å². The first kappa shape index (κ1) is 23.4. The van der Waals surface area contributed by atoms with Crippen LogP contribution in [-0.2, 0) is 11.3 Å². The third-order valence-corrected chi connectivity index (χ3v) is 6.76. The van der Waals surface area contributed by atoms with Crippen LogP contribution in [-0.4, -0.2) is 37.1 Å². The Balaban J connectivity index is 1.57. The monoisotopic (exact) mass is 471 g/mol. The van der Waals surface area contributed by atoms with Gasteiger partial charge in [-0.25, -0.2) is 8.78 Å². The maximum absolute atomic E-state index is 14.8. The highest BCUT2D eigenvalue weighted by Gasteiger charge is 2.21. The van der Waals surface area contributed by atoms with E-state index >= 15 is 0 Å². The highest BCUT2D eigenvalue weighted by atomic mass is 32.1. The average Bonchev–Trinajstić information content (AvgIpc) is 3.19. The van der Waals surface area contributed by atoms with Crippen molar-refractivity contribution in [1.82, 2.24) is 4.90 Å². The van der Waals surface area contributed by atoms with Crippen LogP contribution in [0.5, 0.6) is 0 Å². The molecular weight excluding hydrogens is 444 g/mol. The zero-order chi connectivity index (χ0) is 23.5. The molecule has 1 amide bonds. The Bertz CT molecular complexity index is 1120. The minimum Gasteiger partial charge on any atom is -0.379 e. The summed E-state index contributed by atoms with van der Waals surface area (Å²) in [5.41, 5.74) is 8.10. The van der Waals surface area contributed by atoms with Gasteiger partial charge in [0.05, 0.1) is 24.3 Å². The quantitative estimate of drug-likeness (QED) is 0.478. The predicted octanol–water partition coefficient (Wildman–Crippen LogP) is 5.49. The van der Waals surface area contributed by atoms with E-state index in [9.17, 15) is 13.6 Å². The molecule has 0 radical (unpaired) electrons. The molecule has 1 aliphatic heterocycles. The van der Waals surface area contributed by atoms with Crippen molar-refractivity contribution < 1.29 is 18.3 Å². The molecule has 3 N–H and O–H groups in total. The lowest BCUT2D eigenvalue weighted by Gasteiger charge is -2.26. The Kier molecular flexibility index (Phi) is 7.07. The molecule has 0 bridgehead atoms. The maximum Gasteiger partial charge on any atom is 0.251 e. The Morgan fingerprint density at radius 3 is 2.33 bits per heavy atom. The molecule has 2 heterocycles. The number of morpholine rings is 1. The van der Waals surface area contributed by atoms with Crippen LogP contribution in [0.3, 0.4) is 0 Å². The van der Waals surface area contributed by atoms with Crippen molar-refractivity contribution in [3.05, 3.63) is 70.8 Å². The average molecular weight is 472 g/mol. The van der Waals surface area contributed by atoms with Gasteiger partial charge in [0.15, 0.2) is 0 Å². The number of nitrogens with two attached hydrogens (primary N) is 1. The van der Waals surface area contributed by atoms with Crippen LogP contribution in [0.25, 0.3) is 10.4 Å². The van der Waals surface area contributed by atoms with Crippen LogP contribution >= 0.6 is 11.3 Å². The van der Waals surface area contributed by atoms with E-state index in [0.717, 1.165) is 49.9 Å². The topological polar surface area (TPSA) is 67.6 Å². The molecule has 0 aliphatic carbocycles. The lowest BCUT2D eigenvalue weighted by Crippen LogP contribution is -2.35. The zero-order valence-corrected chi connectivity index (χ0v) is 19.5. The van der Waals surface area contributed by atoms with E-state index in [-0.39, 0.29) is 17.0 Å². The fourth-order valence-electron chi connectivity index (χ4n) is 3.79. The second kappa shape index (κ2) is 9.99. The van der Waals surface area contributed by atoms with Crippen molar-refractivity contribution >= 4 is 27.9 Å². The summed E-state index contributed by atoms with van der Waals surface area (Å²) in [6.45, 7) is 7.90. The van der Waals surface area contributed by atoms with E-state index in [1.807, 2.05) is 38.1 Å². The number of thiophene rings is 1. The van der Waals surface area contributed by atoms with Gasteiger partial charge in [0, 0.05) is 30.2 Å². The van der Waals surface area contributed by atoms with Crippen molar-refractivity contribution in [3.8, 4) is 10.4 Å². The molecule has 33 heavy (non-hydrogen) atoms. The molecule has 174 valence electrons. The molecule has 1 aromatic heterocycles. The summed E-state index contributed by atoms with van der Waals surface area (Å²) >= 11 is 1.10. The van der Waals surface area contributed by atoms with Gasteiger partial charge in [0.1, 0.15) is 16.6 Å². The number of rotatable bonds is 7. The number of ether oxygens (including phenoxy) is 1. The van der Waals surface area contributed by atoms with Gasteiger partial charge in [-0.1, -0.05) is 26.0 Å². The van der Waals surface area contributed by atoms with Crippen molar-refractivity contribution in [2.24, 2.45) is 5.73 Å². The highest BCUT2D eigenvalue weighted by molar-refractivity contribution is 7.20. The van der Waals surface area contributed by atoms with Crippen LogP contribution in [0.1, 0.15) is 41.3 Å². The Labute approximate surface area is 196 Å². The SMILES string of the molecule is CC(C)c1cc(F)c(-c2cc(C(N)=O)c(Nc3ccc(CN4CCOCC4)cc3)s2)c(F)c1. The summed E-state index contributed by atoms with van der Waals surface area (Å²) in [7, 11) is 0. The van der Waals surface area contributed by atoms with Crippen LogP contribution in [0.15, 0.2) is 42.5 Å². The number of hydrogen-bond acceptors (Lipinski definition) is 5. The fraction of sp³-hybridized carbons (Fsp3) is 0.320. The fourth-order valence-corrected chi connectivity index (χ4v) is 4.93. The van der Waals surface area contributed by atoms with Gasteiger partial charge in [0.25, 0.3) is 5.91 Å². The lowest BCUT2D eigenvalue weighted by atomic mass is 10.00. The molecule has 5 nitrogen and oxygen atoms in total. The van der Waals surface area contributed by atoms with E-state index in [4.69, 9.17) is 10.5 Å². The molecule has 2 aromatic carbocycles. The number of halogens is 2. The molecule has 1 fully saturated rings. The smallest absolute Gasteiger partial charge is 0.251 e. The van der Waals surface area contributed by atoms with Crippen molar-refractivity contribution in [2.75, 3.05) is 31.6 Å². The van der Waals surface area contributed by atoms with Crippen LogP contribution in [0.4, 0.5) is 19.5 Å². The van der Waals surface area contributed by atoms with E-state index in [1.165, 1.54) is 23.8 Å². The third-order valence-electron chi connectivity index (χ3n) is 5.70. The Morgan fingerprint density at radius 2 is 1.76 bits per heavy atom. The van der Waals surface area contributed by atoms with E-state index in [0.29, 0.717) is 15.4 Å². The maximum atomic E-state index is 14.8. The van der Waals surface area contributed by atoms with Gasteiger partial charge < -0.3 is 15.8 Å². The first-order chi connectivity index (χ1) is 15.8. The Morgan fingerprint density at radius 1 is 1.12 bits per heavy atom. The molecule has 0 spiro atoms. The van der Waals surface area contributed by atoms with Crippen LogP contribution in [0, 0.1) is 11.6 Å². The molecule has 1 saturated heterocycles. The van der Waals surface area contributed by atoms with E-state index in [2.05, 4.69) is 10.2 Å². The van der Waals surface area contributed by atoms with Gasteiger partial charge in [-0.15, -0.1) is 11.3 Å². The van der Waals surface area contributed by atoms with Gasteiger partial charge >= 0.3 is 0 Å². The van der Waals surface area contributed by atoms with E-state index < -0.39 is 17.5 Å². The number of amides is 1. The van der Waals surface area contributed by atoms with Gasteiger partial charge in [0.2, 0.25) is 0 Å². The van der Waals surface area contributed by atoms with Crippen LogP contribution < -0.4 is 11.1 Å². The number of nitrogens with zero attached hydrogens (tertiary/aromatic N) is 1. The first-order valence-electron chi connectivity index (χ1n) is 10.9. The number of nitrogens with one attached hydrogen (secondary N) is 1. The molecule has 3 aromatic rings. The Hall–Kier alpha value is -2.81. The number of hydrogen-bond donors (Lipinski definition) is 2. The first-order valence-corrected chi connectivity index (χ1v) is 11.7. The van der Waals surface area contributed by atoms with Crippen molar-refractivity contribution in [3.63, 3.8) is 0 Å². The summed E-state index contributed by atoms with van der Waals surface area (Å²) < 4.78 is 34.9. The minimum absolute atomic E-state index is 0.00369. The zero-order valence-electron chi connectivity index (χ0n) is 18.7. The van der Waals surface area contributed by atoms with Gasteiger partial charge in [-0.05, 0) is 47.4 Å². The minimum atomic E-state index is -0.663. The van der Waals surface area contributed by atoms with Gasteiger partial charge in [-0.2, -0.15) is 0 Å². The highest BCUT2D eigenvalue weighted by Crippen LogP contribution is 2.40. The molecular formula is C25H27F2N3O2S. The number of carbonyl (C=O) groups is 1. The molecule has 0 unspecified atom stereocenters. The summed E-state index contributed by atoms with van der Waals surface area (Å²) in [5, 5.41) is 3.63. The molecule has 4 rings (SSSR count). The number of anilines is 2. The number of benzene rings is 2. The molecule has 0 saturated carbocycles. The lowest BCUT2D eigenvalue weighted by molar-refractivity contribution is 0.0342. The van der Waals surface area contributed by atoms with Crippen molar-refractivity contribution in [1.29, 1.82) is 0 Å². The second-order valence-corrected chi connectivity index (χ2v) is 9.49. The van der Waals surface area contributed by atoms with E-state index in [1.54, 1.807) is 0 Å². The number of primary amides is 1. The summed E-state index contributed by atoms with van der Waals surface area (Å²) in [6.07, 6.45) is 0. The summed E-state index contributed by atoms with van der Waals surface area (Å²) in [4.78, 5) is 14.7. The third kappa shape index (κ3) is 5.40. The summed E-state index contributed by atoms with van der Waals surface area (Å²) in [5.74, 6) is -1.98. The molecule has 1 aliphatic rings.